The molecule has 1 aliphatic carbocycles. The SMILES string of the molecule is CN[C@@H](C)C(=O)NC(Cc1cc(C)c(C(F)(F)F)cc1F)C(=O)N1CCC[C@H]1C(=O)N[C@@H]1CCc2c(OS(=O)(=O)F)cccc21. The molecule has 1 aliphatic heterocycles. The Morgan fingerprint density at radius 2 is 1.87 bits per heavy atom. The number of amides is 3. The summed E-state index contributed by atoms with van der Waals surface area (Å²) < 4.78 is 94.5. The van der Waals surface area contributed by atoms with Gasteiger partial charge in [-0.2, -0.15) is 21.6 Å². The van der Waals surface area contributed by atoms with E-state index in [9.17, 15) is 44.2 Å². The molecule has 2 aromatic carbocycles. The number of nitrogens with one attached hydrogen (secondary N) is 3. The van der Waals surface area contributed by atoms with Gasteiger partial charge in [-0.05, 0) is 75.4 Å². The van der Waals surface area contributed by atoms with Crippen LogP contribution in [0.15, 0.2) is 30.3 Å². The van der Waals surface area contributed by atoms with Crippen LogP contribution in [0.5, 0.6) is 5.75 Å². The Kier molecular flexibility index (Phi) is 10.1. The summed E-state index contributed by atoms with van der Waals surface area (Å²) in [5.74, 6) is -3.24. The van der Waals surface area contributed by atoms with E-state index in [-0.39, 0.29) is 36.3 Å². The molecule has 1 fully saturated rings. The first kappa shape index (κ1) is 34.1. The molecule has 0 bridgehead atoms. The number of benzene rings is 2. The van der Waals surface area contributed by atoms with Crippen LogP contribution in [0, 0.1) is 12.7 Å². The standard InChI is InChI=1S/C29H33F5N4O6S/c1-15-12-17(21(30)14-20(15)29(31,32)33)13-23(37-26(39)16(2)35-3)28(41)38-11-5-7-24(38)27(40)36-22-10-9-19-18(22)6-4-8-25(19)44-45(34,42)43/h4,6,8,12,14,16,22-24,35H,5,7,9-11,13H2,1-3H3,(H,36,40)(H,37,39)/t16-,22+,23?,24-/m0/s1. The third-order valence-corrected chi connectivity index (χ3v) is 8.51. The Labute approximate surface area is 257 Å². The van der Waals surface area contributed by atoms with Gasteiger partial charge in [0.2, 0.25) is 17.7 Å². The van der Waals surface area contributed by atoms with Crippen molar-refractivity contribution in [2.75, 3.05) is 13.6 Å². The fourth-order valence-corrected chi connectivity index (χ4v) is 6.15. The minimum Gasteiger partial charge on any atom is -0.358 e. The maximum atomic E-state index is 14.9. The number of hydrogen-bond donors (Lipinski definition) is 3. The van der Waals surface area contributed by atoms with Crippen molar-refractivity contribution in [3.63, 3.8) is 0 Å². The van der Waals surface area contributed by atoms with Crippen molar-refractivity contribution in [3.8, 4) is 5.75 Å². The lowest BCUT2D eigenvalue weighted by Gasteiger charge is -2.30. The molecule has 10 nitrogen and oxygen atoms in total. The number of carbonyl (C=O) groups excluding carboxylic acids is 3. The summed E-state index contributed by atoms with van der Waals surface area (Å²) >= 11 is 0. The minimum absolute atomic E-state index is 0.132. The van der Waals surface area contributed by atoms with Gasteiger partial charge in [0.25, 0.3) is 0 Å². The zero-order chi connectivity index (χ0) is 33.3. The molecule has 1 unspecified atom stereocenters. The summed E-state index contributed by atoms with van der Waals surface area (Å²) in [6, 6.07) is 2.00. The number of fused-ring (bicyclic) bond motifs is 1. The van der Waals surface area contributed by atoms with Crippen molar-refractivity contribution in [1.29, 1.82) is 0 Å². The average Bonchev–Trinajstić information content (AvgIpc) is 3.60. The van der Waals surface area contributed by atoms with Gasteiger partial charge >= 0.3 is 16.7 Å². The van der Waals surface area contributed by atoms with E-state index < -0.39 is 76.4 Å². The number of likely N-dealkylation sites (N-methyl/N-ethyl adjacent to an activating group) is 1. The zero-order valence-electron chi connectivity index (χ0n) is 24.6. The molecule has 16 heteroatoms. The maximum Gasteiger partial charge on any atom is 0.488 e. The van der Waals surface area contributed by atoms with Gasteiger partial charge in [0, 0.05) is 18.5 Å². The second-order valence-electron chi connectivity index (χ2n) is 11.1. The zero-order valence-corrected chi connectivity index (χ0v) is 25.5. The van der Waals surface area contributed by atoms with E-state index in [1.165, 1.54) is 31.0 Å². The van der Waals surface area contributed by atoms with Gasteiger partial charge in [0.05, 0.1) is 17.6 Å². The first-order valence-electron chi connectivity index (χ1n) is 14.2. The van der Waals surface area contributed by atoms with Crippen LogP contribution in [0.3, 0.4) is 0 Å². The topological polar surface area (TPSA) is 134 Å². The number of likely N-dealkylation sites (tertiary alicyclic amines) is 1. The molecule has 0 aromatic heterocycles. The lowest BCUT2D eigenvalue weighted by Crippen LogP contribution is -2.56. The highest BCUT2D eigenvalue weighted by molar-refractivity contribution is 7.81. The highest BCUT2D eigenvalue weighted by Gasteiger charge is 2.40. The van der Waals surface area contributed by atoms with Crippen LogP contribution in [-0.4, -0.2) is 62.8 Å². The van der Waals surface area contributed by atoms with E-state index in [1.807, 2.05) is 0 Å². The van der Waals surface area contributed by atoms with Crippen molar-refractivity contribution in [2.24, 2.45) is 0 Å². The van der Waals surface area contributed by atoms with Gasteiger partial charge in [-0.25, -0.2) is 4.39 Å². The molecule has 45 heavy (non-hydrogen) atoms. The molecule has 0 saturated carbocycles. The van der Waals surface area contributed by atoms with Gasteiger partial charge in [-0.1, -0.05) is 22.1 Å². The van der Waals surface area contributed by atoms with Crippen LogP contribution >= 0.6 is 0 Å². The van der Waals surface area contributed by atoms with Crippen molar-refractivity contribution in [3.05, 3.63) is 64.0 Å². The second kappa shape index (κ2) is 13.3. The van der Waals surface area contributed by atoms with Crippen molar-refractivity contribution in [1.82, 2.24) is 20.9 Å². The Bertz CT molecular complexity index is 1590. The van der Waals surface area contributed by atoms with E-state index in [1.54, 1.807) is 6.07 Å². The molecule has 3 N–H and O–H groups in total. The molecular weight excluding hydrogens is 627 g/mol. The van der Waals surface area contributed by atoms with Crippen LogP contribution in [-0.2, 0) is 43.9 Å². The van der Waals surface area contributed by atoms with E-state index in [0.717, 1.165) is 13.0 Å². The molecule has 1 saturated heterocycles. The Hall–Kier alpha value is -3.79. The number of alkyl halides is 3. The predicted octanol–water partition coefficient (Wildman–Crippen LogP) is 3.18. The molecular formula is C29H33F5N4O6S. The summed E-state index contributed by atoms with van der Waals surface area (Å²) in [7, 11) is -3.76. The highest BCUT2D eigenvalue weighted by atomic mass is 32.3. The molecule has 0 spiro atoms. The Morgan fingerprint density at radius 3 is 2.51 bits per heavy atom. The maximum absolute atomic E-state index is 14.9. The number of aryl methyl sites for hydroxylation is 1. The first-order chi connectivity index (χ1) is 21.0. The summed E-state index contributed by atoms with van der Waals surface area (Å²) in [6.45, 7) is 2.82. The Balaban J connectivity index is 1.56. The molecule has 4 atom stereocenters. The lowest BCUT2D eigenvalue weighted by atomic mass is 9.98. The van der Waals surface area contributed by atoms with Crippen molar-refractivity contribution in [2.45, 2.75) is 76.3 Å². The van der Waals surface area contributed by atoms with Crippen LogP contribution in [0.4, 0.5) is 21.4 Å². The van der Waals surface area contributed by atoms with Gasteiger partial charge in [-0.15, -0.1) is 0 Å². The predicted molar refractivity (Wildman–Crippen MR) is 151 cm³/mol. The monoisotopic (exact) mass is 660 g/mol. The van der Waals surface area contributed by atoms with Gasteiger partial charge in [-0.3, -0.25) is 14.4 Å². The quantitative estimate of drug-likeness (QED) is 0.264. The molecule has 0 radical (unpaired) electrons. The van der Waals surface area contributed by atoms with Crippen LogP contribution < -0.4 is 20.1 Å². The van der Waals surface area contributed by atoms with E-state index in [4.69, 9.17) is 0 Å². The molecule has 4 rings (SSSR count). The highest BCUT2D eigenvalue weighted by Crippen LogP contribution is 2.38. The lowest BCUT2D eigenvalue weighted by molar-refractivity contribution is -0.141. The normalized spacial score (nSPS) is 19.5. The van der Waals surface area contributed by atoms with Gasteiger partial charge in [0.1, 0.15) is 23.7 Å². The summed E-state index contributed by atoms with van der Waals surface area (Å²) in [5.41, 5.74) is -0.687. The number of carbonyl (C=O) groups is 3. The number of halogens is 5. The van der Waals surface area contributed by atoms with Crippen LogP contribution in [0.2, 0.25) is 0 Å². The third-order valence-electron chi connectivity index (χ3n) is 8.14. The third kappa shape index (κ3) is 7.90. The minimum atomic E-state index is -5.27. The summed E-state index contributed by atoms with van der Waals surface area (Å²) in [4.78, 5) is 41.3. The number of rotatable bonds is 10. The number of hydrogen-bond acceptors (Lipinski definition) is 7. The van der Waals surface area contributed by atoms with E-state index >= 15 is 0 Å². The Morgan fingerprint density at radius 1 is 1.16 bits per heavy atom. The molecule has 1 heterocycles. The number of nitrogens with zero attached hydrogens (tertiary/aromatic N) is 1. The molecule has 246 valence electrons. The molecule has 2 aromatic rings. The summed E-state index contributed by atoms with van der Waals surface area (Å²) in [6.07, 6.45) is -3.92. The van der Waals surface area contributed by atoms with Crippen LogP contribution in [0.25, 0.3) is 0 Å². The van der Waals surface area contributed by atoms with Gasteiger partial charge in [0.15, 0.2) is 0 Å². The van der Waals surface area contributed by atoms with Crippen molar-refractivity contribution >= 4 is 28.2 Å². The molecule has 3 amide bonds. The van der Waals surface area contributed by atoms with Gasteiger partial charge < -0.3 is 25.0 Å². The van der Waals surface area contributed by atoms with E-state index in [2.05, 4.69) is 20.1 Å². The molecule has 2 aliphatic rings. The first-order valence-corrected chi connectivity index (χ1v) is 15.5. The van der Waals surface area contributed by atoms with Crippen LogP contribution in [0.1, 0.15) is 60.0 Å². The fraction of sp³-hybridized carbons (Fsp3) is 0.483. The summed E-state index contributed by atoms with van der Waals surface area (Å²) in [5, 5.41) is 8.11. The second-order valence-corrected chi connectivity index (χ2v) is 12.1. The average molecular weight is 661 g/mol. The smallest absolute Gasteiger partial charge is 0.358 e. The largest absolute Gasteiger partial charge is 0.488 e. The van der Waals surface area contributed by atoms with E-state index in [0.29, 0.717) is 30.0 Å². The van der Waals surface area contributed by atoms with Crippen molar-refractivity contribution < 1.29 is 48.4 Å². The fourth-order valence-electron chi connectivity index (χ4n) is 5.78.